The summed E-state index contributed by atoms with van der Waals surface area (Å²) in [6.07, 6.45) is 0. The van der Waals surface area contributed by atoms with Crippen LogP contribution >= 0.6 is 35.2 Å². The van der Waals surface area contributed by atoms with Crippen molar-refractivity contribution >= 4 is 46.0 Å². The second-order valence-electron chi connectivity index (χ2n) is 3.89. The number of hydrogen-bond acceptors (Lipinski definition) is 3. The fraction of sp³-hybridized carbons (Fsp3) is 0.133. The Kier molecular flexibility index (Phi) is 5.92. The standard InChI is InChI=1S/C15H13Cl2NOS/c1-2-19-20-15(11-3-5-12(16)6-4-11)18-14-9-7-13(17)8-10-14/h3-10H,2H2,1H3. The molecule has 0 aliphatic rings. The number of benzene rings is 2. The molecule has 0 radical (unpaired) electrons. The van der Waals surface area contributed by atoms with E-state index in [2.05, 4.69) is 4.99 Å². The summed E-state index contributed by atoms with van der Waals surface area (Å²) in [5, 5.41) is 2.17. The van der Waals surface area contributed by atoms with E-state index in [0.717, 1.165) is 16.3 Å². The van der Waals surface area contributed by atoms with Gasteiger partial charge in [0, 0.05) is 27.7 Å². The van der Waals surface area contributed by atoms with Crippen molar-refractivity contribution in [3.63, 3.8) is 0 Å². The third kappa shape index (κ3) is 4.53. The molecule has 0 amide bonds. The zero-order valence-electron chi connectivity index (χ0n) is 10.8. The van der Waals surface area contributed by atoms with Gasteiger partial charge >= 0.3 is 0 Å². The van der Waals surface area contributed by atoms with Crippen molar-refractivity contribution in [3.05, 3.63) is 64.1 Å². The largest absolute Gasteiger partial charge is 0.309 e. The Bertz CT molecular complexity index is 582. The highest BCUT2D eigenvalue weighted by Gasteiger charge is 2.06. The number of aliphatic imine (C=N–C) groups is 1. The molecule has 104 valence electrons. The topological polar surface area (TPSA) is 21.6 Å². The van der Waals surface area contributed by atoms with Crippen molar-refractivity contribution in [1.29, 1.82) is 0 Å². The second-order valence-corrected chi connectivity index (χ2v) is 5.55. The predicted molar refractivity (Wildman–Crippen MR) is 88.3 cm³/mol. The highest BCUT2D eigenvalue weighted by Crippen LogP contribution is 2.23. The molecule has 0 N–H and O–H groups in total. The first kappa shape index (κ1) is 15.4. The fourth-order valence-electron chi connectivity index (χ4n) is 1.47. The van der Waals surface area contributed by atoms with Crippen molar-refractivity contribution in [3.8, 4) is 0 Å². The van der Waals surface area contributed by atoms with Crippen LogP contribution in [0.15, 0.2) is 53.5 Å². The average Bonchev–Trinajstić information content (AvgIpc) is 2.46. The van der Waals surface area contributed by atoms with Gasteiger partial charge in [0.1, 0.15) is 5.04 Å². The van der Waals surface area contributed by atoms with Gasteiger partial charge in [-0.05, 0) is 43.3 Å². The third-order valence-corrected chi connectivity index (χ3v) is 3.75. The summed E-state index contributed by atoms with van der Waals surface area (Å²) in [6.45, 7) is 2.55. The first-order valence-electron chi connectivity index (χ1n) is 6.08. The molecule has 0 aromatic heterocycles. The van der Waals surface area contributed by atoms with Gasteiger partial charge in [-0.15, -0.1) is 0 Å². The lowest BCUT2D eigenvalue weighted by Gasteiger charge is -2.06. The number of halogens is 2. The lowest BCUT2D eigenvalue weighted by Crippen LogP contribution is -1.96. The van der Waals surface area contributed by atoms with Crippen LogP contribution in [0.25, 0.3) is 0 Å². The smallest absolute Gasteiger partial charge is 0.131 e. The van der Waals surface area contributed by atoms with Crippen LogP contribution in [0, 0.1) is 0 Å². The normalized spacial score (nSPS) is 11.7. The Morgan fingerprint density at radius 1 is 1.00 bits per heavy atom. The zero-order valence-corrected chi connectivity index (χ0v) is 13.2. The molecule has 0 saturated heterocycles. The quantitative estimate of drug-likeness (QED) is 0.405. The maximum absolute atomic E-state index is 5.91. The summed E-state index contributed by atoms with van der Waals surface area (Å²) in [6, 6.07) is 14.9. The van der Waals surface area contributed by atoms with Gasteiger partial charge in [0.25, 0.3) is 0 Å². The summed E-state index contributed by atoms with van der Waals surface area (Å²) >= 11 is 13.0. The van der Waals surface area contributed by atoms with Crippen LogP contribution in [-0.4, -0.2) is 11.7 Å². The highest BCUT2D eigenvalue weighted by atomic mass is 35.5. The number of hydrogen-bond donors (Lipinski definition) is 0. The van der Waals surface area contributed by atoms with Crippen LogP contribution in [0.4, 0.5) is 5.69 Å². The molecule has 2 rings (SSSR count). The molecule has 0 bridgehead atoms. The molecule has 0 heterocycles. The monoisotopic (exact) mass is 325 g/mol. The van der Waals surface area contributed by atoms with E-state index in [9.17, 15) is 0 Å². The average molecular weight is 326 g/mol. The zero-order chi connectivity index (χ0) is 14.4. The van der Waals surface area contributed by atoms with Crippen LogP contribution < -0.4 is 0 Å². The Balaban J connectivity index is 2.31. The first-order valence-corrected chi connectivity index (χ1v) is 7.58. The van der Waals surface area contributed by atoms with Crippen molar-refractivity contribution in [2.75, 3.05) is 6.61 Å². The van der Waals surface area contributed by atoms with Crippen LogP contribution in [0.5, 0.6) is 0 Å². The molecule has 2 aromatic carbocycles. The SMILES string of the molecule is CCOSC(=Nc1ccc(Cl)cc1)c1ccc(Cl)cc1. The van der Waals surface area contributed by atoms with Gasteiger partial charge < -0.3 is 4.18 Å². The van der Waals surface area contributed by atoms with Gasteiger partial charge in [-0.2, -0.15) is 0 Å². The maximum Gasteiger partial charge on any atom is 0.131 e. The lowest BCUT2D eigenvalue weighted by atomic mass is 10.2. The second kappa shape index (κ2) is 7.70. The molecule has 2 aromatic rings. The Hall–Kier alpha value is -1.00. The molecule has 0 aliphatic carbocycles. The number of rotatable bonds is 4. The molecular weight excluding hydrogens is 313 g/mol. The molecule has 0 aliphatic heterocycles. The Morgan fingerprint density at radius 3 is 2.10 bits per heavy atom. The van der Waals surface area contributed by atoms with Crippen molar-refractivity contribution in [2.24, 2.45) is 4.99 Å². The van der Waals surface area contributed by atoms with E-state index in [4.69, 9.17) is 27.4 Å². The van der Waals surface area contributed by atoms with E-state index in [1.54, 1.807) is 0 Å². The summed E-state index contributed by atoms with van der Waals surface area (Å²) in [5.74, 6) is 0. The Labute approximate surface area is 133 Å². The van der Waals surface area contributed by atoms with E-state index in [0.29, 0.717) is 16.7 Å². The Morgan fingerprint density at radius 2 is 1.55 bits per heavy atom. The maximum atomic E-state index is 5.91. The van der Waals surface area contributed by atoms with Crippen molar-refractivity contribution in [1.82, 2.24) is 0 Å². The summed E-state index contributed by atoms with van der Waals surface area (Å²) < 4.78 is 5.40. The number of nitrogens with zero attached hydrogens (tertiary/aromatic N) is 1. The molecule has 0 spiro atoms. The van der Waals surface area contributed by atoms with Crippen LogP contribution in [0.1, 0.15) is 12.5 Å². The highest BCUT2D eigenvalue weighted by molar-refractivity contribution is 8.10. The molecule has 20 heavy (non-hydrogen) atoms. The molecule has 5 heteroatoms. The van der Waals surface area contributed by atoms with E-state index in [1.165, 1.54) is 12.0 Å². The minimum Gasteiger partial charge on any atom is -0.309 e. The first-order chi connectivity index (χ1) is 9.69. The molecule has 0 atom stereocenters. The third-order valence-electron chi connectivity index (χ3n) is 2.40. The van der Waals surface area contributed by atoms with Gasteiger partial charge in [-0.1, -0.05) is 35.3 Å². The van der Waals surface area contributed by atoms with Gasteiger partial charge in [0.05, 0.1) is 12.3 Å². The van der Waals surface area contributed by atoms with Gasteiger partial charge in [-0.25, -0.2) is 4.99 Å². The summed E-state index contributed by atoms with van der Waals surface area (Å²) in [5.41, 5.74) is 1.79. The fourth-order valence-corrected chi connectivity index (χ4v) is 2.33. The van der Waals surface area contributed by atoms with Gasteiger partial charge in [0.15, 0.2) is 0 Å². The molecule has 0 fully saturated rings. The van der Waals surface area contributed by atoms with Crippen LogP contribution in [-0.2, 0) is 4.18 Å². The van der Waals surface area contributed by atoms with E-state index in [1.807, 2.05) is 55.5 Å². The van der Waals surface area contributed by atoms with E-state index < -0.39 is 0 Å². The van der Waals surface area contributed by atoms with Crippen LogP contribution in [0.3, 0.4) is 0 Å². The van der Waals surface area contributed by atoms with Gasteiger partial charge in [-0.3, -0.25) is 0 Å². The van der Waals surface area contributed by atoms with Crippen LogP contribution in [0.2, 0.25) is 10.0 Å². The molecular formula is C15H13Cl2NOS. The lowest BCUT2D eigenvalue weighted by molar-refractivity contribution is 0.406. The molecule has 2 nitrogen and oxygen atoms in total. The minimum atomic E-state index is 0.609. The molecule has 0 saturated carbocycles. The minimum absolute atomic E-state index is 0.609. The summed E-state index contributed by atoms with van der Waals surface area (Å²) in [4.78, 5) is 4.59. The molecule has 0 unspecified atom stereocenters. The van der Waals surface area contributed by atoms with E-state index in [-0.39, 0.29) is 0 Å². The predicted octanol–water partition coefficient (Wildman–Crippen LogP) is 5.76. The van der Waals surface area contributed by atoms with Gasteiger partial charge in [0.2, 0.25) is 0 Å². The summed E-state index contributed by atoms with van der Waals surface area (Å²) in [7, 11) is 0. The van der Waals surface area contributed by atoms with Crippen molar-refractivity contribution < 1.29 is 4.18 Å². The van der Waals surface area contributed by atoms with E-state index >= 15 is 0 Å². The van der Waals surface area contributed by atoms with Crippen molar-refractivity contribution in [2.45, 2.75) is 6.92 Å².